The number of amides is 1. The van der Waals surface area contributed by atoms with E-state index >= 15 is 0 Å². The second-order valence-electron chi connectivity index (χ2n) is 4.80. The molecule has 0 radical (unpaired) electrons. The van der Waals surface area contributed by atoms with Crippen molar-refractivity contribution in [2.75, 3.05) is 22.8 Å². The second kappa shape index (κ2) is 7.12. The van der Waals surface area contributed by atoms with Crippen LogP contribution in [0.5, 0.6) is 0 Å². The Hall–Kier alpha value is -2.02. The van der Waals surface area contributed by atoms with Gasteiger partial charge in [-0.15, -0.1) is 6.58 Å². The topological polar surface area (TPSA) is 87.3 Å². The molecule has 1 amide bonds. The number of aryl methyl sites for hydroxylation is 1. The van der Waals surface area contributed by atoms with Crippen molar-refractivity contribution in [3.8, 4) is 0 Å². The molecule has 1 rings (SSSR count). The normalized spacial score (nSPS) is 12.3. The first-order chi connectivity index (χ1) is 9.73. The molecule has 7 heteroatoms. The minimum absolute atomic E-state index is 0.133. The van der Waals surface area contributed by atoms with E-state index in [9.17, 15) is 13.2 Å². The molecule has 21 heavy (non-hydrogen) atoms. The number of rotatable bonds is 7. The van der Waals surface area contributed by atoms with Crippen LogP contribution in [0.4, 0.5) is 11.4 Å². The summed E-state index contributed by atoms with van der Waals surface area (Å²) in [5.74, 6) is -0.133. The Balaban J connectivity index is 2.75. The van der Waals surface area contributed by atoms with Crippen LogP contribution in [0.25, 0.3) is 0 Å². The standard InChI is InChI=1S/C14H21N3O3S/c1-5-8-15-14(18)11(3)16-12-6-7-13(10(2)9-12)17-21(4,19)20/h5-7,9,11,16-17H,1,8H2,2-4H3,(H,15,18)/t11-/m0/s1. The molecule has 0 unspecified atom stereocenters. The van der Waals surface area contributed by atoms with E-state index < -0.39 is 16.1 Å². The first kappa shape index (κ1) is 17.0. The lowest BCUT2D eigenvalue weighted by Crippen LogP contribution is -2.37. The van der Waals surface area contributed by atoms with E-state index in [-0.39, 0.29) is 5.91 Å². The van der Waals surface area contributed by atoms with Crippen LogP contribution in [0.3, 0.4) is 0 Å². The van der Waals surface area contributed by atoms with E-state index in [0.717, 1.165) is 17.5 Å². The smallest absolute Gasteiger partial charge is 0.242 e. The predicted molar refractivity (Wildman–Crippen MR) is 85.9 cm³/mol. The van der Waals surface area contributed by atoms with E-state index in [1.807, 2.05) is 0 Å². The molecule has 0 fully saturated rings. The highest BCUT2D eigenvalue weighted by atomic mass is 32.2. The molecule has 0 saturated heterocycles. The molecule has 116 valence electrons. The average molecular weight is 311 g/mol. The molecule has 0 heterocycles. The lowest BCUT2D eigenvalue weighted by atomic mass is 10.1. The number of hydrogen-bond donors (Lipinski definition) is 3. The maximum absolute atomic E-state index is 11.7. The first-order valence-electron chi connectivity index (χ1n) is 6.46. The van der Waals surface area contributed by atoms with Crippen LogP contribution >= 0.6 is 0 Å². The third-order valence-corrected chi connectivity index (χ3v) is 3.31. The van der Waals surface area contributed by atoms with Gasteiger partial charge in [-0.25, -0.2) is 8.42 Å². The molecule has 0 aromatic heterocycles. The molecule has 6 nitrogen and oxygen atoms in total. The van der Waals surface area contributed by atoms with E-state index in [1.54, 1.807) is 38.1 Å². The number of nitrogens with one attached hydrogen (secondary N) is 3. The Morgan fingerprint density at radius 2 is 2.10 bits per heavy atom. The Labute approximate surface area is 125 Å². The SMILES string of the molecule is C=CCNC(=O)[C@H](C)Nc1ccc(NS(C)(=O)=O)c(C)c1. The van der Waals surface area contributed by atoms with Crippen molar-refractivity contribution in [1.29, 1.82) is 0 Å². The summed E-state index contributed by atoms with van der Waals surface area (Å²) in [6.07, 6.45) is 2.71. The van der Waals surface area contributed by atoms with Gasteiger partial charge in [0, 0.05) is 12.2 Å². The number of sulfonamides is 1. The molecule has 1 atom stereocenters. The summed E-state index contributed by atoms with van der Waals surface area (Å²) in [7, 11) is -3.30. The van der Waals surface area contributed by atoms with Gasteiger partial charge >= 0.3 is 0 Å². The summed E-state index contributed by atoms with van der Waals surface area (Å²) in [4.78, 5) is 11.7. The quantitative estimate of drug-likeness (QED) is 0.665. The molecule has 0 aliphatic rings. The zero-order valence-corrected chi connectivity index (χ0v) is 13.3. The van der Waals surface area contributed by atoms with E-state index in [2.05, 4.69) is 21.9 Å². The van der Waals surface area contributed by atoms with Crippen LogP contribution in [-0.2, 0) is 14.8 Å². The maximum Gasteiger partial charge on any atom is 0.242 e. The van der Waals surface area contributed by atoms with Crippen LogP contribution in [0.1, 0.15) is 12.5 Å². The van der Waals surface area contributed by atoms with Gasteiger partial charge in [-0.1, -0.05) is 6.08 Å². The van der Waals surface area contributed by atoms with Gasteiger partial charge in [0.1, 0.15) is 6.04 Å². The summed E-state index contributed by atoms with van der Waals surface area (Å²) in [5.41, 5.74) is 2.03. The van der Waals surface area contributed by atoms with Crippen LogP contribution in [-0.4, -0.2) is 33.2 Å². The van der Waals surface area contributed by atoms with Gasteiger partial charge in [-0.05, 0) is 37.6 Å². The molecule has 3 N–H and O–H groups in total. The Bertz CT molecular complexity index is 626. The van der Waals surface area contributed by atoms with Crippen LogP contribution in [0.15, 0.2) is 30.9 Å². The molecular weight excluding hydrogens is 290 g/mol. The second-order valence-corrected chi connectivity index (χ2v) is 6.55. The zero-order chi connectivity index (χ0) is 16.0. The van der Waals surface area contributed by atoms with Gasteiger partial charge in [0.25, 0.3) is 0 Å². The lowest BCUT2D eigenvalue weighted by Gasteiger charge is -2.16. The van der Waals surface area contributed by atoms with Crippen molar-refractivity contribution < 1.29 is 13.2 Å². The maximum atomic E-state index is 11.7. The van der Waals surface area contributed by atoms with Crippen molar-refractivity contribution in [2.45, 2.75) is 19.9 Å². The molecule has 0 spiro atoms. The van der Waals surface area contributed by atoms with Gasteiger partial charge in [0.2, 0.25) is 15.9 Å². The third kappa shape index (κ3) is 5.86. The molecule has 0 aliphatic heterocycles. The minimum Gasteiger partial charge on any atom is -0.374 e. The number of hydrogen-bond acceptors (Lipinski definition) is 4. The highest BCUT2D eigenvalue weighted by molar-refractivity contribution is 7.92. The zero-order valence-electron chi connectivity index (χ0n) is 12.4. The van der Waals surface area contributed by atoms with E-state index in [1.165, 1.54) is 0 Å². The fraction of sp³-hybridized carbons (Fsp3) is 0.357. The van der Waals surface area contributed by atoms with Gasteiger partial charge in [-0.2, -0.15) is 0 Å². The van der Waals surface area contributed by atoms with Crippen molar-refractivity contribution in [3.05, 3.63) is 36.4 Å². The molecular formula is C14H21N3O3S. The number of benzene rings is 1. The van der Waals surface area contributed by atoms with Gasteiger partial charge in [-0.3, -0.25) is 9.52 Å². The third-order valence-electron chi connectivity index (χ3n) is 2.72. The van der Waals surface area contributed by atoms with E-state index in [4.69, 9.17) is 0 Å². The summed E-state index contributed by atoms with van der Waals surface area (Å²) < 4.78 is 24.9. The number of carbonyl (C=O) groups excluding carboxylic acids is 1. The number of anilines is 2. The largest absolute Gasteiger partial charge is 0.374 e. The first-order valence-corrected chi connectivity index (χ1v) is 8.35. The fourth-order valence-corrected chi connectivity index (χ4v) is 2.34. The van der Waals surface area contributed by atoms with Gasteiger partial charge in [0.15, 0.2) is 0 Å². The molecule has 1 aromatic carbocycles. The average Bonchev–Trinajstić information content (AvgIpc) is 2.37. The number of carbonyl (C=O) groups is 1. The lowest BCUT2D eigenvalue weighted by molar-refractivity contribution is -0.121. The van der Waals surface area contributed by atoms with Crippen molar-refractivity contribution in [1.82, 2.24) is 5.32 Å². The molecule has 0 aliphatic carbocycles. The summed E-state index contributed by atoms with van der Waals surface area (Å²) >= 11 is 0. The Kier molecular flexibility index (Phi) is 5.78. The highest BCUT2D eigenvalue weighted by Crippen LogP contribution is 2.21. The highest BCUT2D eigenvalue weighted by Gasteiger charge is 2.12. The van der Waals surface area contributed by atoms with E-state index in [0.29, 0.717) is 12.2 Å². The molecule has 0 bridgehead atoms. The van der Waals surface area contributed by atoms with Crippen LogP contribution < -0.4 is 15.4 Å². The molecule has 1 aromatic rings. The van der Waals surface area contributed by atoms with Crippen molar-refractivity contribution in [3.63, 3.8) is 0 Å². The molecule has 0 saturated carbocycles. The minimum atomic E-state index is -3.30. The summed E-state index contributed by atoms with van der Waals surface area (Å²) in [6, 6.07) is 4.76. The van der Waals surface area contributed by atoms with Gasteiger partial charge in [0.05, 0.1) is 11.9 Å². The summed E-state index contributed by atoms with van der Waals surface area (Å²) in [6.45, 7) is 7.49. The van der Waals surface area contributed by atoms with Crippen molar-refractivity contribution in [2.24, 2.45) is 0 Å². The van der Waals surface area contributed by atoms with Crippen molar-refractivity contribution >= 4 is 27.3 Å². The summed E-state index contributed by atoms with van der Waals surface area (Å²) in [5, 5.41) is 5.76. The monoisotopic (exact) mass is 311 g/mol. The Morgan fingerprint density at radius 1 is 1.43 bits per heavy atom. The fourth-order valence-electron chi connectivity index (χ4n) is 1.71. The van der Waals surface area contributed by atoms with Gasteiger partial charge < -0.3 is 10.6 Å². The van der Waals surface area contributed by atoms with Crippen LogP contribution in [0.2, 0.25) is 0 Å². The van der Waals surface area contributed by atoms with Crippen LogP contribution in [0, 0.1) is 6.92 Å². The Morgan fingerprint density at radius 3 is 2.62 bits per heavy atom. The predicted octanol–water partition coefficient (Wildman–Crippen LogP) is 1.47.